The van der Waals surface area contributed by atoms with E-state index in [1.807, 2.05) is 6.92 Å². The Morgan fingerprint density at radius 2 is 2.27 bits per heavy atom. The first-order valence-corrected chi connectivity index (χ1v) is 6.93. The molecule has 0 aliphatic carbocycles. The Kier molecular flexibility index (Phi) is 3.78. The molecule has 1 fully saturated rings. The first-order chi connectivity index (χ1) is 10.5. The molecule has 1 aliphatic rings. The summed E-state index contributed by atoms with van der Waals surface area (Å²) in [6.07, 6.45) is 0.613. The number of alkyl halides is 2. The van der Waals surface area contributed by atoms with Crippen molar-refractivity contribution in [1.29, 1.82) is 0 Å². The molecule has 2 aromatic heterocycles. The van der Waals surface area contributed by atoms with Crippen molar-refractivity contribution < 1.29 is 17.9 Å². The van der Waals surface area contributed by atoms with E-state index in [-0.39, 0.29) is 17.1 Å². The molecule has 3 rings (SSSR count). The molecule has 0 N–H and O–H groups in total. The maximum absolute atomic E-state index is 12.4. The Labute approximate surface area is 124 Å². The van der Waals surface area contributed by atoms with Crippen molar-refractivity contribution in [2.75, 3.05) is 6.61 Å². The third-order valence-electron chi connectivity index (χ3n) is 3.68. The number of pyridine rings is 1. The molecule has 0 bridgehead atoms. The quantitative estimate of drug-likeness (QED) is 0.867. The first kappa shape index (κ1) is 14.8. The van der Waals surface area contributed by atoms with Gasteiger partial charge in [0.15, 0.2) is 0 Å². The maximum Gasteiger partial charge on any atom is 0.314 e. The van der Waals surface area contributed by atoms with Gasteiger partial charge in [0, 0.05) is 24.4 Å². The van der Waals surface area contributed by atoms with Crippen molar-refractivity contribution in [3.8, 4) is 11.5 Å². The van der Waals surface area contributed by atoms with Gasteiger partial charge >= 0.3 is 6.43 Å². The smallest absolute Gasteiger partial charge is 0.314 e. The molecule has 1 aliphatic heterocycles. The number of ether oxygens (including phenoxy) is 1. The van der Waals surface area contributed by atoms with Crippen LogP contribution < -0.4 is 5.56 Å². The van der Waals surface area contributed by atoms with E-state index in [1.54, 1.807) is 12.3 Å². The molecular formula is C14H15F2N3O3. The van der Waals surface area contributed by atoms with Crippen LogP contribution in [0.15, 0.2) is 27.5 Å². The standard InChI is InChI=1S/C14H15F2N3O3/c1-14(4-2-6-21-14)8-19-5-3-9(7-10(19)20)12-17-18-13(22-12)11(15)16/h3,5,7,11H,2,4,6,8H2,1H3. The van der Waals surface area contributed by atoms with Crippen LogP contribution in [0.25, 0.3) is 11.5 Å². The van der Waals surface area contributed by atoms with Crippen LogP contribution in [0.2, 0.25) is 0 Å². The number of aromatic nitrogens is 3. The molecule has 118 valence electrons. The van der Waals surface area contributed by atoms with Gasteiger partial charge in [-0.05, 0) is 25.8 Å². The van der Waals surface area contributed by atoms with Gasteiger partial charge in [-0.2, -0.15) is 8.78 Å². The van der Waals surface area contributed by atoms with Crippen LogP contribution >= 0.6 is 0 Å². The van der Waals surface area contributed by atoms with Gasteiger partial charge in [-0.1, -0.05) is 0 Å². The van der Waals surface area contributed by atoms with Crippen molar-refractivity contribution in [3.63, 3.8) is 0 Å². The lowest BCUT2D eigenvalue weighted by atomic mass is 10.0. The summed E-state index contributed by atoms with van der Waals surface area (Å²) in [6.45, 7) is 3.10. The number of hydrogen-bond acceptors (Lipinski definition) is 5. The molecule has 0 saturated carbocycles. The number of halogens is 2. The van der Waals surface area contributed by atoms with Crippen LogP contribution in [0.3, 0.4) is 0 Å². The molecule has 8 heteroatoms. The second-order valence-electron chi connectivity index (χ2n) is 5.53. The summed E-state index contributed by atoms with van der Waals surface area (Å²) in [7, 11) is 0. The van der Waals surface area contributed by atoms with Crippen LogP contribution in [-0.4, -0.2) is 27.0 Å². The van der Waals surface area contributed by atoms with Gasteiger partial charge in [0.25, 0.3) is 11.4 Å². The zero-order valence-electron chi connectivity index (χ0n) is 12.0. The van der Waals surface area contributed by atoms with Crippen LogP contribution in [0.1, 0.15) is 32.1 Å². The van der Waals surface area contributed by atoms with E-state index in [4.69, 9.17) is 9.15 Å². The second kappa shape index (κ2) is 5.60. The molecule has 3 heterocycles. The summed E-state index contributed by atoms with van der Waals surface area (Å²) in [5.74, 6) is -0.853. The molecule has 0 radical (unpaired) electrons. The fourth-order valence-corrected chi connectivity index (χ4v) is 2.53. The third-order valence-corrected chi connectivity index (χ3v) is 3.68. The van der Waals surface area contributed by atoms with E-state index in [9.17, 15) is 13.6 Å². The number of rotatable bonds is 4. The van der Waals surface area contributed by atoms with Crippen LogP contribution in [0.4, 0.5) is 8.78 Å². The Morgan fingerprint density at radius 1 is 1.45 bits per heavy atom. The minimum absolute atomic E-state index is 0.0946. The van der Waals surface area contributed by atoms with Gasteiger partial charge in [-0.3, -0.25) is 4.79 Å². The lowest BCUT2D eigenvalue weighted by Crippen LogP contribution is -2.34. The molecule has 0 amide bonds. The van der Waals surface area contributed by atoms with Gasteiger partial charge in [-0.15, -0.1) is 10.2 Å². The molecule has 6 nitrogen and oxygen atoms in total. The number of hydrogen-bond donors (Lipinski definition) is 0. The summed E-state index contributed by atoms with van der Waals surface area (Å²) in [5, 5.41) is 6.77. The van der Waals surface area contributed by atoms with E-state index in [1.165, 1.54) is 10.6 Å². The minimum Gasteiger partial charge on any atom is -0.415 e. The molecule has 1 unspecified atom stereocenters. The first-order valence-electron chi connectivity index (χ1n) is 6.93. The lowest BCUT2D eigenvalue weighted by Gasteiger charge is -2.23. The average Bonchev–Trinajstić information content (AvgIpc) is 3.10. The van der Waals surface area contributed by atoms with E-state index in [0.717, 1.165) is 12.8 Å². The highest BCUT2D eigenvalue weighted by atomic mass is 19.3. The Bertz CT molecular complexity index is 720. The predicted molar refractivity (Wildman–Crippen MR) is 72.5 cm³/mol. The van der Waals surface area contributed by atoms with E-state index < -0.39 is 12.3 Å². The van der Waals surface area contributed by atoms with Gasteiger partial charge in [-0.25, -0.2) is 0 Å². The lowest BCUT2D eigenvalue weighted by molar-refractivity contribution is 0.00549. The van der Waals surface area contributed by atoms with Crippen molar-refractivity contribution in [2.24, 2.45) is 0 Å². The summed E-state index contributed by atoms with van der Waals surface area (Å²) < 4.78 is 36.9. The predicted octanol–water partition coefficient (Wildman–Crippen LogP) is 2.41. The highest BCUT2D eigenvalue weighted by Gasteiger charge is 2.30. The number of nitrogens with zero attached hydrogens (tertiary/aromatic N) is 3. The molecule has 1 atom stereocenters. The Morgan fingerprint density at radius 3 is 2.86 bits per heavy atom. The molecule has 0 aromatic carbocycles. The molecule has 1 saturated heterocycles. The van der Waals surface area contributed by atoms with Gasteiger partial charge in [0.2, 0.25) is 5.89 Å². The fourth-order valence-electron chi connectivity index (χ4n) is 2.53. The molecular weight excluding hydrogens is 296 g/mol. The van der Waals surface area contributed by atoms with Crippen molar-refractivity contribution in [2.45, 2.75) is 38.3 Å². The fraction of sp³-hybridized carbons (Fsp3) is 0.500. The van der Waals surface area contributed by atoms with Crippen molar-refractivity contribution >= 4 is 0 Å². The molecule has 22 heavy (non-hydrogen) atoms. The summed E-state index contributed by atoms with van der Waals surface area (Å²) in [6, 6.07) is 2.88. The van der Waals surface area contributed by atoms with Gasteiger partial charge < -0.3 is 13.7 Å². The summed E-state index contributed by atoms with van der Waals surface area (Å²) in [4.78, 5) is 12.2. The van der Waals surface area contributed by atoms with E-state index >= 15 is 0 Å². The van der Waals surface area contributed by atoms with Crippen molar-refractivity contribution in [1.82, 2.24) is 14.8 Å². The Hall–Kier alpha value is -2.09. The summed E-state index contributed by atoms with van der Waals surface area (Å²) >= 11 is 0. The maximum atomic E-state index is 12.4. The second-order valence-corrected chi connectivity index (χ2v) is 5.53. The SMILES string of the molecule is CC1(Cn2ccc(-c3nnc(C(F)F)o3)cc2=O)CCCO1. The van der Waals surface area contributed by atoms with Crippen LogP contribution in [0.5, 0.6) is 0 Å². The summed E-state index contributed by atoms with van der Waals surface area (Å²) in [5.41, 5.74) is -0.303. The zero-order chi connectivity index (χ0) is 15.7. The van der Waals surface area contributed by atoms with Crippen LogP contribution in [0, 0.1) is 0 Å². The zero-order valence-corrected chi connectivity index (χ0v) is 12.0. The highest BCUT2D eigenvalue weighted by Crippen LogP contribution is 2.27. The molecule has 0 spiro atoms. The largest absolute Gasteiger partial charge is 0.415 e. The minimum atomic E-state index is -2.83. The highest BCUT2D eigenvalue weighted by molar-refractivity contribution is 5.50. The van der Waals surface area contributed by atoms with E-state index in [2.05, 4.69) is 10.2 Å². The third kappa shape index (κ3) is 2.92. The normalized spacial score (nSPS) is 21.6. The Balaban J connectivity index is 1.84. The van der Waals surface area contributed by atoms with Crippen LogP contribution in [-0.2, 0) is 11.3 Å². The van der Waals surface area contributed by atoms with Crippen molar-refractivity contribution in [3.05, 3.63) is 34.6 Å². The van der Waals surface area contributed by atoms with Gasteiger partial charge in [0.1, 0.15) is 0 Å². The molecule has 2 aromatic rings. The van der Waals surface area contributed by atoms with Gasteiger partial charge in [0.05, 0.1) is 12.1 Å². The topological polar surface area (TPSA) is 70.2 Å². The average molecular weight is 311 g/mol. The monoisotopic (exact) mass is 311 g/mol. The van der Waals surface area contributed by atoms with E-state index in [0.29, 0.717) is 18.7 Å².